The van der Waals surface area contributed by atoms with Crippen LogP contribution in [0.15, 0.2) is 21.8 Å². The molecule has 0 aliphatic rings. The lowest BCUT2D eigenvalue weighted by atomic mass is 10.4. The number of nitrogens with zero attached hydrogens (tertiary/aromatic N) is 3. The lowest BCUT2D eigenvalue weighted by Crippen LogP contribution is -2.39. The summed E-state index contributed by atoms with van der Waals surface area (Å²) < 4.78 is 9.73. The van der Waals surface area contributed by atoms with E-state index < -0.39 is 0 Å². The molecular formula is C10H19IN4O2. The highest BCUT2D eigenvalue weighted by atomic mass is 127. The van der Waals surface area contributed by atoms with Crippen molar-refractivity contribution in [3.63, 3.8) is 0 Å². The minimum Gasteiger partial charge on any atom is -0.383 e. The van der Waals surface area contributed by atoms with Crippen LogP contribution in [0, 0.1) is 0 Å². The Bertz CT molecular complexity index is 316. The number of rotatable bonds is 5. The summed E-state index contributed by atoms with van der Waals surface area (Å²) >= 11 is 0. The summed E-state index contributed by atoms with van der Waals surface area (Å²) in [7, 11) is 5.36. The molecule has 0 spiro atoms. The van der Waals surface area contributed by atoms with Crippen LogP contribution in [0.1, 0.15) is 5.69 Å². The first-order chi connectivity index (χ1) is 7.77. The Kier molecular flexibility index (Phi) is 8.78. The smallest absolute Gasteiger partial charge is 0.193 e. The van der Waals surface area contributed by atoms with Crippen LogP contribution in [0.25, 0.3) is 0 Å². The second-order valence-electron chi connectivity index (χ2n) is 3.31. The largest absolute Gasteiger partial charge is 0.383 e. The minimum absolute atomic E-state index is 0. The molecule has 98 valence electrons. The van der Waals surface area contributed by atoms with E-state index in [1.807, 2.05) is 18.0 Å². The van der Waals surface area contributed by atoms with Gasteiger partial charge in [-0.3, -0.25) is 4.99 Å². The summed E-state index contributed by atoms with van der Waals surface area (Å²) in [6.45, 7) is 2.03. The topological polar surface area (TPSA) is 62.9 Å². The van der Waals surface area contributed by atoms with Gasteiger partial charge in [-0.05, 0) is 0 Å². The lowest BCUT2D eigenvalue weighted by Gasteiger charge is -2.20. The van der Waals surface area contributed by atoms with Crippen molar-refractivity contribution in [2.24, 2.45) is 4.99 Å². The van der Waals surface area contributed by atoms with E-state index in [-0.39, 0.29) is 24.0 Å². The first-order valence-corrected chi connectivity index (χ1v) is 5.08. The number of halogens is 1. The van der Waals surface area contributed by atoms with Gasteiger partial charge in [-0.25, -0.2) is 0 Å². The van der Waals surface area contributed by atoms with Gasteiger partial charge >= 0.3 is 0 Å². The van der Waals surface area contributed by atoms with Crippen LogP contribution in [-0.2, 0) is 11.3 Å². The highest BCUT2D eigenvalue weighted by molar-refractivity contribution is 14.0. The number of aromatic nitrogens is 1. The van der Waals surface area contributed by atoms with E-state index in [1.54, 1.807) is 20.4 Å². The van der Waals surface area contributed by atoms with E-state index in [0.717, 1.165) is 18.2 Å². The Morgan fingerprint density at radius 1 is 1.65 bits per heavy atom. The van der Waals surface area contributed by atoms with Crippen LogP contribution in [0.4, 0.5) is 0 Å². The summed E-state index contributed by atoms with van der Waals surface area (Å²) in [6, 6.07) is 1.83. The van der Waals surface area contributed by atoms with Gasteiger partial charge in [0.15, 0.2) is 5.96 Å². The zero-order valence-electron chi connectivity index (χ0n) is 10.3. The third kappa shape index (κ3) is 5.87. The van der Waals surface area contributed by atoms with E-state index in [4.69, 9.17) is 9.26 Å². The van der Waals surface area contributed by atoms with Gasteiger partial charge in [0.25, 0.3) is 0 Å². The molecule has 0 aliphatic carbocycles. The normalized spacial score (nSPS) is 10.9. The molecule has 0 saturated carbocycles. The second kappa shape index (κ2) is 9.23. The molecular weight excluding hydrogens is 335 g/mol. The molecule has 1 aromatic heterocycles. The molecule has 0 aromatic carbocycles. The first-order valence-electron chi connectivity index (χ1n) is 5.08. The van der Waals surface area contributed by atoms with Crippen molar-refractivity contribution < 1.29 is 9.26 Å². The molecule has 0 atom stereocenters. The van der Waals surface area contributed by atoms with Gasteiger partial charge in [0.05, 0.1) is 13.2 Å². The van der Waals surface area contributed by atoms with Gasteiger partial charge in [-0.15, -0.1) is 24.0 Å². The van der Waals surface area contributed by atoms with Crippen LogP contribution in [0.3, 0.4) is 0 Å². The van der Waals surface area contributed by atoms with E-state index in [2.05, 4.69) is 15.5 Å². The molecule has 0 bridgehead atoms. The summed E-state index contributed by atoms with van der Waals surface area (Å²) in [6.07, 6.45) is 1.56. The molecule has 17 heavy (non-hydrogen) atoms. The Hall–Kier alpha value is -0.830. The van der Waals surface area contributed by atoms with Crippen molar-refractivity contribution in [3.8, 4) is 0 Å². The first kappa shape index (κ1) is 16.2. The van der Waals surface area contributed by atoms with Crippen LogP contribution in [0.2, 0.25) is 0 Å². The third-order valence-corrected chi connectivity index (χ3v) is 2.05. The SMILES string of the molecule is CN=C(NCCOC)N(C)Cc1ccon1.I. The predicted molar refractivity (Wildman–Crippen MR) is 76.6 cm³/mol. The van der Waals surface area contributed by atoms with E-state index >= 15 is 0 Å². The van der Waals surface area contributed by atoms with Crippen molar-refractivity contribution in [2.75, 3.05) is 34.4 Å². The van der Waals surface area contributed by atoms with Crippen molar-refractivity contribution >= 4 is 29.9 Å². The Labute approximate surface area is 118 Å². The van der Waals surface area contributed by atoms with Crippen molar-refractivity contribution in [1.29, 1.82) is 0 Å². The lowest BCUT2D eigenvalue weighted by molar-refractivity contribution is 0.203. The summed E-state index contributed by atoms with van der Waals surface area (Å²) in [5, 5.41) is 7.02. The standard InChI is InChI=1S/C10H18N4O2.HI/c1-11-10(12-5-7-15-3)14(2)8-9-4-6-16-13-9;/h4,6H,5,7-8H2,1-3H3,(H,11,12);1H. The molecule has 0 aliphatic heterocycles. The number of hydrogen-bond acceptors (Lipinski definition) is 4. The second-order valence-corrected chi connectivity index (χ2v) is 3.31. The molecule has 0 amide bonds. The minimum atomic E-state index is 0. The van der Waals surface area contributed by atoms with Gasteiger partial charge in [-0.1, -0.05) is 5.16 Å². The Morgan fingerprint density at radius 2 is 2.41 bits per heavy atom. The van der Waals surface area contributed by atoms with Gasteiger partial charge in [0.2, 0.25) is 0 Å². The number of guanidine groups is 1. The van der Waals surface area contributed by atoms with Crippen LogP contribution in [0.5, 0.6) is 0 Å². The predicted octanol–water partition coefficient (Wildman–Crippen LogP) is 0.946. The van der Waals surface area contributed by atoms with E-state index in [0.29, 0.717) is 13.2 Å². The fourth-order valence-electron chi connectivity index (χ4n) is 1.29. The maximum Gasteiger partial charge on any atom is 0.193 e. The third-order valence-electron chi connectivity index (χ3n) is 2.05. The van der Waals surface area contributed by atoms with Gasteiger partial charge in [0.1, 0.15) is 12.0 Å². The van der Waals surface area contributed by atoms with Crippen molar-refractivity contribution in [1.82, 2.24) is 15.4 Å². The molecule has 7 heteroatoms. The molecule has 1 N–H and O–H groups in total. The van der Waals surface area contributed by atoms with E-state index in [1.165, 1.54) is 0 Å². The number of nitrogens with one attached hydrogen (secondary N) is 1. The van der Waals surface area contributed by atoms with Crippen molar-refractivity contribution in [2.45, 2.75) is 6.54 Å². The molecule has 1 aromatic rings. The zero-order chi connectivity index (χ0) is 11.8. The van der Waals surface area contributed by atoms with Gasteiger partial charge in [-0.2, -0.15) is 0 Å². The summed E-state index contributed by atoms with van der Waals surface area (Å²) in [5.74, 6) is 0.806. The highest BCUT2D eigenvalue weighted by Gasteiger charge is 2.07. The molecule has 6 nitrogen and oxygen atoms in total. The fraction of sp³-hybridized carbons (Fsp3) is 0.600. The molecule has 1 heterocycles. The number of aliphatic imine (C=N–C) groups is 1. The average molecular weight is 354 g/mol. The zero-order valence-corrected chi connectivity index (χ0v) is 12.7. The van der Waals surface area contributed by atoms with Crippen LogP contribution in [-0.4, -0.2) is 50.4 Å². The number of ether oxygens (including phenoxy) is 1. The average Bonchev–Trinajstić information content (AvgIpc) is 2.77. The molecule has 0 radical (unpaired) electrons. The van der Waals surface area contributed by atoms with Crippen molar-refractivity contribution in [3.05, 3.63) is 18.0 Å². The maximum absolute atomic E-state index is 4.96. The van der Waals surface area contributed by atoms with Crippen LogP contribution < -0.4 is 5.32 Å². The Morgan fingerprint density at radius 3 is 2.94 bits per heavy atom. The molecule has 0 saturated heterocycles. The summed E-state index contributed by atoms with van der Waals surface area (Å²) in [5.41, 5.74) is 0.872. The summed E-state index contributed by atoms with van der Waals surface area (Å²) in [4.78, 5) is 6.12. The van der Waals surface area contributed by atoms with E-state index in [9.17, 15) is 0 Å². The highest BCUT2D eigenvalue weighted by Crippen LogP contribution is 1.99. The Balaban J connectivity index is 0.00000256. The quantitative estimate of drug-likeness (QED) is 0.369. The maximum atomic E-state index is 4.96. The van der Waals surface area contributed by atoms with Crippen LogP contribution >= 0.6 is 24.0 Å². The number of hydrogen-bond donors (Lipinski definition) is 1. The number of methoxy groups -OCH3 is 1. The van der Waals surface area contributed by atoms with Gasteiger partial charge in [0, 0.05) is 33.8 Å². The molecule has 0 fully saturated rings. The molecule has 0 unspecified atom stereocenters. The van der Waals surface area contributed by atoms with Gasteiger partial charge < -0.3 is 19.5 Å². The fourth-order valence-corrected chi connectivity index (χ4v) is 1.29. The monoisotopic (exact) mass is 354 g/mol. The molecule has 1 rings (SSSR count).